The Morgan fingerprint density at radius 2 is 2.50 bits per heavy atom. The van der Waals surface area contributed by atoms with Crippen molar-refractivity contribution in [2.24, 2.45) is 5.73 Å². The van der Waals surface area contributed by atoms with Gasteiger partial charge < -0.3 is 5.73 Å². The molecule has 1 aliphatic carbocycles. The molecule has 0 aromatic carbocycles. The maximum Gasteiger partial charge on any atom is 0.0540 e. The minimum Gasteiger partial charge on any atom is -0.324 e. The Balaban J connectivity index is 2.35. The van der Waals surface area contributed by atoms with Crippen LogP contribution < -0.4 is 5.73 Å². The van der Waals surface area contributed by atoms with Gasteiger partial charge >= 0.3 is 0 Å². The number of hydrogen-bond donors (Lipinski definition) is 1. The lowest BCUT2D eigenvalue weighted by Crippen LogP contribution is -2.19. The standard InChI is InChI=1S/C11H19N3/c1-3-8(2)14-11-6-4-5-10(12)9(11)7-13-14/h7-8,10H,3-6,12H2,1-2H3. The van der Waals surface area contributed by atoms with E-state index in [1.165, 1.54) is 17.7 Å². The van der Waals surface area contributed by atoms with Gasteiger partial charge in [0, 0.05) is 23.3 Å². The van der Waals surface area contributed by atoms with Crippen LogP contribution in [0.5, 0.6) is 0 Å². The normalized spacial score (nSPS) is 23.2. The van der Waals surface area contributed by atoms with Crippen LogP contribution in [0.3, 0.4) is 0 Å². The van der Waals surface area contributed by atoms with E-state index < -0.39 is 0 Å². The van der Waals surface area contributed by atoms with Gasteiger partial charge in [0.25, 0.3) is 0 Å². The van der Waals surface area contributed by atoms with Crippen molar-refractivity contribution in [3.8, 4) is 0 Å². The molecule has 3 nitrogen and oxygen atoms in total. The lowest BCUT2D eigenvalue weighted by atomic mass is 9.93. The first-order valence-electron chi connectivity index (χ1n) is 5.56. The maximum absolute atomic E-state index is 6.05. The van der Waals surface area contributed by atoms with E-state index in [1.807, 2.05) is 6.20 Å². The first-order valence-corrected chi connectivity index (χ1v) is 5.56. The predicted molar refractivity (Wildman–Crippen MR) is 57.1 cm³/mol. The van der Waals surface area contributed by atoms with Gasteiger partial charge in [-0.1, -0.05) is 6.92 Å². The van der Waals surface area contributed by atoms with E-state index in [2.05, 4.69) is 23.6 Å². The summed E-state index contributed by atoms with van der Waals surface area (Å²) in [6.45, 7) is 4.41. The minimum absolute atomic E-state index is 0.219. The topological polar surface area (TPSA) is 43.8 Å². The highest BCUT2D eigenvalue weighted by atomic mass is 15.3. The van der Waals surface area contributed by atoms with Crippen LogP contribution in [0.15, 0.2) is 6.20 Å². The molecule has 0 aliphatic heterocycles. The third kappa shape index (κ3) is 1.46. The first-order chi connectivity index (χ1) is 6.74. The zero-order valence-corrected chi connectivity index (χ0v) is 9.03. The van der Waals surface area contributed by atoms with Crippen LogP contribution in [0.25, 0.3) is 0 Å². The molecule has 2 rings (SSSR count). The monoisotopic (exact) mass is 193 g/mol. The molecule has 0 saturated carbocycles. The van der Waals surface area contributed by atoms with E-state index in [4.69, 9.17) is 5.73 Å². The molecule has 1 aromatic rings. The lowest BCUT2D eigenvalue weighted by molar-refractivity contribution is 0.443. The molecule has 14 heavy (non-hydrogen) atoms. The molecule has 2 N–H and O–H groups in total. The van der Waals surface area contributed by atoms with Crippen molar-refractivity contribution >= 4 is 0 Å². The summed E-state index contributed by atoms with van der Waals surface area (Å²) >= 11 is 0. The van der Waals surface area contributed by atoms with E-state index in [0.29, 0.717) is 6.04 Å². The molecule has 1 aliphatic rings. The van der Waals surface area contributed by atoms with Crippen LogP contribution in [-0.4, -0.2) is 9.78 Å². The molecule has 1 aromatic heterocycles. The van der Waals surface area contributed by atoms with Crippen molar-refractivity contribution in [2.45, 2.75) is 51.6 Å². The Morgan fingerprint density at radius 1 is 1.71 bits per heavy atom. The maximum atomic E-state index is 6.05. The summed E-state index contributed by atoms with van der Waals surface area (Å²) in [5, 5.41) is 4.46. The summed E-state index contributed by atoms with van der Waals surface area (Å²) in [5.41, 5.74) is 8.70. The summed E-state index contributed by atoms with van der Waals surface area (Å²) in [6, 6.07) is 0.723. The van der Waals surface area contributed by atoms with Gasteiger partial charge in [-0.25, -0.2) is 0 Å². The highest BCUT2D eigenvalue weighted by molar-refractivity contribution is 5.24. The van der Waals surface area contributed by atoms with E-state index >= 15 is 0 Å². The smallest absolute Gasteiger partial charge is 0.0540 e. The zero-order chi connectivity index (χ0) is 10.1. The van der Waals surface area contributed by atoms with Crippen molar-refractivity contribution in [3.05, 3.63) is 17.5 Å². The van der Waals surface area contributed by atoms with Gasteiger partial charge in [0.05, 0.1) is 6.20 Å². The molecule has 3 heteroatoms. The van der Waals surface area contributed by atoms with Gasteiger partial charge in [-0.2, -0.15) is 5.10 Å². The Morgan fingerprint density at radius 3 is 3.21 bits per heavy atom. The zero-order valence-electron chi connectivity index (χ0n) is 9.03. The van der Waals surface area contributed by atoms with Crippen LogP contribution in [0, 0.1) is 0 Å². The quantitative estimate of drug-likeness (QED) is 0.782. The molecule has 0 radical (unpaired) electrons. The molecular weight excluding hydrogens is 174 g/mol. The van der Waals surface area contributed by atoms with Gasteiger partial charge in [-0.15, -0.1) is 0 Å². The average molecular weight is 193 g/mol. The van der Waals surface area contributed by atoms with Gasteiger partial charge in [-0.3, -0.25) is 4.68 Å². The van der Waals surface area contributed by atoms with Crippen molar-refractivity contribution in [1.82, 2.24) is 9.78 Å². The van der Waals surface area contributed by atoms with E-state index in [-0.39, 0.29) is 6.04 Å². The number of nitrogens with zero attached hydrogens (tertiary/aromatic N) is 2. The molecule has 0 saturated heterocycles. The fourth-order valence-corrected chi connectivity index (χ4v) is 2.17. The molecule has 2 unspecified atom stereocenters. The number of hydrogen-bond acceptors (Lipinski definition) is 2. The number of fused-ring (bicyclic) bond motifs is 1. The first kappa shape index (κ1) is 9.71. The van der Waals surface area contributed by atoms with Gasteiger partial charge in [0.1, 0.15) is 0 Å². The van der Waals surface area contributed by atoms with Crippen molar-refractivity contribution in [1.29, 1.82) is 0 Å². The molecule has 0 spiro atoms. The minimum atomic E-state index is 0.219. The Hall–Kier alpha value is -0.830. The largest absolute Gasteiger partial charge is 0.324 e. The molecule has 0 amide bonds. The van der Waals surface area contributed by atoms with Crippen LogP contribution in [0.1, 0.15) is 56.5 Å². The predicted octanol–water partition coefficient (Wildman–Crippen LogP) is 2.19. The molecule has 0 bridgehead atoms. The third-order valence-electron chi connectivity index (χ3n) is 3.27. The van der Waals surface area contributed by atoms with E-state index in [0.717, 1.165) is 19.3 Å². The molecule has 0 fully saturated rings. The van der Waals surface area contributed by atoms with Crippen LogP contribution in [0.4, 0.5) is 0 Å². The van der Waals surface area contributed by atoms with Gasteiger partial charge in [-0.05, 0) is 32.6 Å². The summed E-state index contributed by atoms with van der Waals surface area (Å²) < 4.78 is 2.16. The van der Waals surface area contributed by atoms with Crippen molar-refractivity contribution in [3.63, 3.8) is 0 Å². The number of nitrogens with two attached hydrogens (primary N) is 1. The Labute approximate surface area is 85.3 Å². The SMILES string of the molecule is CCC(C)n1ncc2c1CCCC2N. The van der Waals surface area contributed by atoms with Crippen LogP contribution in [0.2, 0.25) is 0 Å². The molecule has 2 atom stereocenters. The second-order valence-corrected chi connectivity index (χ2v) is 4.25. The van der Waals surface area contributed by atoms with E-state index in [9.17, 15) is 0 Å². The summed E-state index contributed by atoms with van der Waals surface area (Å²) in [5.74, 6) is 0. The van der Waals surface area contributed by atoms with Gasteiger partial charge in [0.15, 0.2) is 0 Å². The van der Waals surface area contributed by atoms with Crippen LogP contribution >= 0.6 is 0 Å². The lowest BCUT2D eigenvalue weighted by Gasteiger charge is -2.21. The second kappa shape index (κ2) is 3.73. The molecule has 1 heterocycles. The summed E-state index contributed by atoms with van der Waals surface area (Å²) in [6.07, 6.45) is 6.55. The summed E-state index contributed by atoms with van der Waals surface area (Å²) in [4.78, 5) is 0. The second-order valence-electron chi connectivity index (χ2n) is 4.25. The van der Waals surface area contributed by atoms with Crippen molar-refractivity contribution < 1.29 is 0 Å². The van der Waals surface area contributed by atoms with Gasteiger partial charge in [0.2, 0.25) is 0 Å². The Kier molecular flexibility index (Phi) is 2.59. The third-order valence-corrected chi connectivity index (χ3v) is 3.27. The Bertz CT molecular complexity index is 316. The molecule has 78 valence electrons. The highest BCUT2D eigenvalue weighted by Gasteiger charge is 2.22. The van der Waals surface area contributed by atoms with Crippen molar-refractivity contribution in [2.75, 3.05) is 0 Å². The fraction of sp³-hybridized carbons (Fsp3) is 0.727. The fourth-order valence-electron chi connectivity index (χ4n) is 2.17. The molecular formula is C11H19N3. The number of aromatic nitrogens is 2. The average Bonchev–Trinajstić information content (AvgIpc) is 2.62. The summed E-state index contributed by atoms with van der Waals surface area (Å²) in [7, 11) is 0. The number of rotatable bonds is 2. The van der Waals surface area contributed by atoms with E-state index in [1.54, 1.807) is 0 Å². The highest BCUT2D eigenvalue weighted by Crippen LogP contribution is 2.29. The van der Waals surface area contributed by atoms with Crippen LogP contribution in [-0.2, 0) is 6.42 Å².